The lowest BCUT2D eigenvalue weighted by Gasteiger charge is -2.24. The number of benzene rings is 1. The molecule has 0 aromatic heterocycles. The molecular formula is C18H22ClNO2. The van der Waals surface area contributed by atoms with Gasteiger partial charge in [0.2, 0.25) is 5.91 Å². The van der Waals surface area contributed by atoms with E-state index < -0.39 is 0 Å². The molecule has 1 aliphatic heterocycles. The van der Waals surface area contributed by atoms with E-state index in [1.807, 2.05) is 29.2 Å². The average molecular weight is 320 g/mol. The molecule has 1 aliphatic carbocycles. The van der Waals surface area contributed by atoms with Crippen LogP contribution in [0.5, 0.6) is 0 Å². The van der Waals surface area contributed by atoms with Crippen LogP contribution in [0.4, 0.5) is 0 Å². The molecule has 3 rings (SSSR count). The Morgan fingerprint density at radius 1 is 1.27 bits per heavy atom. The molecule has 118 valence electrons. The lowest BCUT2D eigenvalue weighted by molar-refractivity contribution is -0.127. The summed E-state index contributed by atoms with van der Waals surface area (Å²) < 4.78 is 5.68. The number of carbonyl (C=O) groups is 1. The predicted octanol–water partition coefficient (Wildman–Crippen LogP) is 3.77. The smallest absolute Gasteiger partial charge is 0.246 e. The highest BCUT2D eigenvalue weighted by Gasteiger charge is 2.28. The van der Waals surface area contributed by atoms with Gasteiger partial charge in [-0.3, -0.25) is 4.79 Å². The summed E-state index contributed by atoms with van der Waals surface area (Å²) in [5.41, 5.74) is 0.876. The largest absolute Gasteiger partial charge is 0.376 e. The van der Waals surface area contributed by atoms with Crippen molar-refractivity contribution in [2.24, 2.45) is 5.92 Å². The van der Waals surface area contributed by atoms with E-state index in [2.05, 4.69) is 0 Å². The number of hydrogen-bond donors (Lipinski definition) is 0. The fourth-order valence-electron chi connectivity index (χ4n) is 2.78. The summed E-state index contributed by atoms with van der Waals surface area (Å²) in [6.07, 6.45) is 8.29. The van der Waals surface area contributed by atoms with Crippen LogP contribution in [0.1, 0.15) is 31.2 Å². The first kappa shape index (κ1) is 15.6. The molecule has 1 unspecified atom stereocenters. The SMILES string of the molecule is O=C(/C=C/c1ccccc1Cl)N(CC1CC1)CC1CCCO1. The second-order valence-corrected chi connectivity index (χ2v) is 6.58. The van der Waals surface area contributed by atoms with Crippen molar-refractivity contribution in [1.29, 1.82) is 0 Å². The number of amides is 1. The topological polar surface area (TPSA) is 29.5 Å². The molecule has 0 spiro atoms. The van der Waals surface area contributed by atoms with Gasteiger partial charge in [0.25, 0.3) is 0 Å². The number of nitrogens with zero attached hydrogens (tertiary/aromatic N) is 1. The third-order valence-electron chi connectivity index (χ3n) is 4.25. The molecule has 1 saturated carbocycles. The first-order valence-corrected chi connectivity index (χ1v) is 8.43. The van der Waals surface area contributed by atoms with Crippen molar-refractivity contribution in [2.45, 2.75) is 31.8 Å². The third kappa shape index (κ3) is 4.34. The third-order valence-corrected chi connectivity index (χ3v) is 4.59. The highest BCUT2D eigenvalue weighted by Crippen LogP contribution is 2.30. The van der Waals surface area contributed by atoms with Gasteiger partial charge in [-0.25, -0.2) is 0 Å². The molecule has 1 aromatic rings. The van der Waals surface area contributed by atoms with Crippen molar-refractivity contribution in [2.75, 3.05) is 19.7 Å². The van der Waals surface area contributed by atoms with Crippen LogP contribution in [0, 0.1) is 5.92 Å². The van der Waals surface area contributed by atoms with Crippen LogP contribution < -0.4 is 0 Å². The van der Waals surface area contributed by atoms with E-state index in [0.717, 1.165) is 31.6 Å². The summed E-state index contributed by atoms with van der Waals surface area (Å²) in [5, 5.41) is 0.666. The average Bonchev–Trinajstić information content (AvgIpc) is 3.19. The molecule has 2 fully saturated rings. The van der Waals surface area contributed by atoms with E-state index in [0.29, 0.717) is 17.5 Å². The first-order chi connectivity index (χ1) is 10.7. The van der Waals surface area contributed by atoms with Crippen LogP contribution in [-0.4, -0.2) is 36.6 Å². The van der Waals surface area contributed by atoms with E-state index in [1.54, 1.807) is 12.2 Å². The van der Waals surface area contributed by atoms with Crippen LogP contribution in [0.25, 0.3) is 6.08 Å². The van der Waals surface area contributed by atoms with Crippen LogP contribution >= 0.6 is 11.6 Å². The van der Waals surface area contributed by atoms with Crippen LogP contribution in [0.2, 0.25) is 5.02 Å². The Bertz CT molecular complexity index is 548. The van der Waals surface area contributed by atoms with Crippen molar-refractivity contribution in [3.05, 3.63) is 40.9 Å². The molecule has 0 N–H and O–H groups in total. The monoisotopic (exact) mass is 319 g/mol. The number of halogens is 1. The van der Waals surface area contributed by atoms with E-state index in [4.69, 9.17) is 16.3 Å². The molecule has 1 saturated heterocycles. The quantitative estimate of drug-likeness (QED) is 0.747. The summed E-state index contributed by atoms with van der Waals surface area (Å²) in [7, 11) is 0. The number of ether oxygens (including phenoxy) is 1. The van der Waals surface area contributed by atoms with Gasteiger partial charge < -0.3 is 9.64 Å². The second kappa shape index (κ2) is 7.30. The van der Waals surface area contributed by atoms with E-state index in [-0.39, 0.29) is 12.0 Å². The Morgan fingerprint density at radius 3 is 2.77 bits per heavy atom. The summed E-state index contributed by atoms with van der Waals surface area (Å²) in [6, 6.07) is 7.56. The molecular weight excluding hydrogens is 298 g/mol. The van der Waals surface area contributed by atoms with Crippen molar-refractivity contribution in [1.82, 2.24) is 4.90 Å². The van der Waals surface area contributed by atoms with Gasteiger partial charge >= 0.3 is 0 Å². The first-order valence-electron chi connectivity index (χ1n) is 8.05. The molecule has 1 amide bonds. The molecule has 4 heteroatoms. The van der Waals surface area contributed by atoms with Crippen LogP contribution in [0.3, 0.4) is 0 Å². The lowest BCUT2D eigenvalue weighted by atomic mass is 10.2. The molecule has 0 bridgehead atoms. The minimum Gasteiger partial charge on any atom is -0.376 e. The highest BCUT2D eigenvalue weighted by molar-refractivity contribution is 6.32. The highest BCUT2D eigenvalue weighted by atomic mass is 35.5. The van der Waals surface area contributed by atoms with E-state index >= 15 is 0 Å². The van der Waals surface area contributed by atoms with E-state index in [1.165, 1.54) is 12.8 Å². The summed E-state index contributed by atoms with van der Waals surface area (Å²) in [4.78, 5) is 14.5. The maximum Gasteiger partial charge on any atom is 0.246 e. The van der Waals surface area contributed by atoms with Crippen molar-refractivity contribution < 1.29 is 9.53 Å². The molecule has 1 atom stereocenters. The number of hydrogen-bond acceptors (Lipinski definition) is 2. The molecule has 3 nitrogen and oxygen atoms in total. The molecule has 22 heavy (non-hydrogen) atoms. The Kier molecular flexibility index (Phi) is 5.16. The Morgan fingerprint density at radius 2 is 2.09 bits per heavy atom. The predicted molar refractivity (Wildman–Crippen MR) is 88.8 cm³/mol. The Hall–Kier alpha value is -1.32. The van der Waals surface area contributed by atoms with Gasteiger partial charge in [-0.15, -0.1) is 0 Å². The van der Waals surface area contributed by atoms with Crippen molar-refractivity contribution >= 4 is 23.6 Å². The Balaban J connectivity index is 1.63. The molecule has 1 aromatic carbocycles. The van der Waals surface area contributed by atoms with Gasteiger partial charge in [0.1, 0.15) is 0 Å². The molecule has 1 heterocycles. The summed E-state index contributed by atoms with van der Waals surface area (Å²) in [5.74, 6) is 0.737. The van der Waals surface area contributed by atoms with Gasteiger partial charge in [0.15, 0.2) is 0 Å². The fourth-order valence-corrected chi connectivity index (χ4v) is 2.98. The standard InChI is InChI=1S/C18H22ClNO2/c19-17-6-2-1-4-15(17)9-10-18(21)20(12-14-7-8-14)13-16-5-3-11-22-16/h1-2,4,6,9-10,14,16H,3,5,7-8,11-13H2/b10-9+. The maximum absolute atomic E-state index is 12.5. The molecule has 2 aliphatic rings. The van der Waals surface area contributed by atoms with Crippen molar-refractivity contribution in [3.63, 3.8) is 0 Å². The minimum atomic E-state index is 0.0577. The zero-order chi connectivity index (χ0) is 15.4. The Labute approximate surface area is 136 Å². The normalized spacial score (nSPS) is 21.4. The van der Waals surface area contributed by atoms with Gasteiger partial charge in [0.05, 0.1) is 6.10 Å². The maximum atomic E-state index is 12.5. The van der Waals surface area contributed by atoms with Gasteiger partial charge in [-0.1, -0.05) is 29.8 Å². The van der Waals surface area contributed by atoms with Crippen molar-refractivity contribution in [3.8, 4) is 0 Å². The zero-order valence-electron chi connectivity index (χ0n) is 12.7. The van der Waals surface area contributed by atoms with Crippen LogP contribution in [-0.2, 0) is 9.53 Å². The zero-order valence-corrected chi connectivity index (χ0v) is 13.5. The van der Waals surface area contributed by atoms with Gasteiger partial charge in [-0.05, 0) is 49.3 Å². The van der Waals surface area contributed by atoms with E-state index in [9.17, 15) is 4.79 Å². The van der Waals surface area contributed by atoms with Crippen LogP contribution in [0.15, 0.2) is 30.3 Å². The van der Waals surface area contributed by atoms with Gasteiger partial charge in [-0.2, -0.15) is 0 Å². The van der Waals surface area contributed by atoms with Gasteiger partial charge in [0, 0.05) is 30.8 Å². The number of carbonyl (C=O) groups excluding carboxylic acids is 1. The summed E-state index contributed by atoms with van der Waals surface area (Å²) >= 11 is 6.12. The second-order valence-electron chi connectivity index (χ2n) is 6.18. The minimum absolute atomic E-state index is 0.0577. The lowest BCUT2D eigenvalue weighted by Crippen LogP contribution is -2.37. The molecule has 0 radical (unpaired) electrons. The number of rotatable bonds is 6. The summed E-state index contributed by atoms with van der Waals surface area (Å²) in [6.45, 7) is 2.39. The fraction of sp³-hybridized carbons (Fsp3) is 0.500.